The second-order valence-electron chi connectivity index (χ2n) is 5.99. The Kier molecular flexibility index (Phi) is 5.64. The molecule has 2 aromatic heterocycles. The third kappa shape index (κ3) is 4.21. The van der Waals surface area contributed by atoms with Crippen LogP contribution < -0.4 is 9.64 Å². The van der Waals surface area contributed by atoms with Crippen LogP contribution in [0.5, 0.6) is 5.75 Å². The van der Waals surface area contributed by atoms with E-state index in [1.165, 1.54) is 11.8 Å². The Morgan fingerprint density at radius 3 is 2.68 bits per heavy atom. The molecular formula is C21H18N2O3S2. The third-order valence-corrected chi connectivity index (χ3v) is 5.85. The lowest BCUT2D eigenvalue weighted by molar-refractivity contribution is -0.116. The van der Waals surface area contributed by atoms with Crippen molar-refractivity contribution in [3.05, 3.63) is 70.9 Å². The number of benzene rings is 2. The van der Waals surface area contributed by atoms with Gasteiger partial charge in [-0.3, -0.25) is 4.79 Å². The fourth-order valence-corrected chi connectivity index (χ4v) is 4.17. The van der Waals surface area contributed by atoms with E-state index in [0.29, 0.717) is 11.8 Å². The SMILES string of the molecule is COc1ccc(N(Cc2cccs2)C(=O)CSc2nc3ccccc3o2)cc1. The number of hydrogen-bond donors (Lipinski definition) is 0. The minimum atomic E-state index is -0.00850. The van der Waals surface area contributed by atoms with Gasteiger partial charge >= 0.3 is 0 Å². The molecule has 7 heteroatoms. The van der Waals surface area contributed by atoms with Crippen LogP contribution in [-0.4, -0.2) is 23.8 Å². The number of thiophene rings is 1. The smallest absolute Gasteiger partial charge is 0.257 e. The molecular weight excluding hydrogens is 392 g/mol. The number of thioether (sulfide) groups is 1. The molecule has 142 valence electrons. The Hall–Kier alpha value is -2.77. The lowest BCUT2D eigenvalue weighted by Crippen LogP contribution is -2.31. The Morgan fingerprint density at radius 2 is 1.96 bits per heavy atom. The number of oxazole rings is 1. The number of anilines is 1. The largest absolute Gasteiger partial charge is 0.497 e. The van der Waals surface area contributed by atoms with Gasteiger partial charge in [-0.05, 0) is 47.8 Å². The molecule has 0 aliphatic heterocycles. The molecule has 0 bridgehead atoms. The number of methoxy groups -OCH3 is 1. The molecule has 2 aromatic carbocycles. The molecule has 4 aromatic rings. The number of nitrogens with zero attached hydrogens (tertiary/aromatic N) is 2. The summed E-state index contributed by atoms with van der Waals surface area (Å²) in [4.78, 5) is 20.3. The van der Waals surface area contributed by atoms with Gasteiger partial charge in [0.05, 0.1) is 19.4 Å². The van der Waals surface area contributed by atoms with Crippen molar-refractivity contribution < 1.29 is 13.9 Å². The molecule has 0 unspecified atom stereocenters. The normalized spacial score (nSPS) is 10.9. The first-order valence-corrected chi connectivity index (χ1v) is 10.5. The second kappa shape index (κ2) is 8.50. The zero-order chi connectivity index (χ0) is 19.3. The van der Waals surface area contributed by atoms with E-state index < -0.39 is 0 Å². The van der Waals surface area contributed by atoms with Gasteiger partial charge in [-0.1, -0.05) is 30.0 Å². The minimum Gasteiger partial charge on any atom is -0.497 e. The van der Waals surface area contributed by atoms with E-state index in [-0.39, 0.29) is 11.7 Å². The van der Waals surface area contributed by atoms with Gasteiger partial charge in [-0.15, -0.1) is 11.3 Å². The van der Waals surface area contributed by atoms with E-state index in [2.05, 4.69) is 4.98 Å². The zero-order valence-corrected chi connectivity index (χ0v) is 16.8. The van der Waals surface area contributed by atoms with Gasteiger partial charge in [0.1, 0.15) is 11.3 Å². The first-order chi connectivity index (χ1) is 13.7. The van der Waals surface area contributed by atoms with E-state index in [0.717, 1.165) is 27.4 Å². The molecule has 28 heavy (non-hydrogen) atoms. The van der Waals surface area contributed by atoms with Crippen LogP contribution in [0.15, 0.2) is 75.7 Å². The lowest BCUT2D eigenvalue weighted by Gasteiger charge is -2.22. The van der Waals surface area contributed by atoms with Crippen LogP contribution in [0.4, 0.5) is 5.69 Å². The first-order valence-electron chi connectivity index (χ1n) is 8.68. The summed E-state index contributed by atoms with van der Waals surface area (Å²) in [5.41, 5.74) is 2.35. The highest BCUT2D eigenvalue weighted by atomic mass is 32.2. The molecule has 2 heterocycles. The van der Waals surface area contributed by atoms with Gasteiger partial charge < -0.3 is 14.1 Å². The number of fused-ring (bicyclic) bond motifs is 1. The van der Waals surface area contributed by atoms with Gasteiger partial charge in [-0.2, -0.15) is 0 Å². The average Bonchev–Trinajstić information content (AvgIpc) is 3.39. The molecule has 0 saturated heterocycles. The van der Waals surface area contributed by atoms with Crippen LogP contribution in [-0.2, 0) is 11.3 Å². The standard InChI is InChI=1S/C21H18N2O3S2/c1-25-16-10-8-15(9-11-16)23(13-17-5-4-12-27-17)20(24)14-28-21-22-18-6-2-3-7-19(18)26-21/h2-12H,13-14H2,1H3. The maximum Gasteiger partial charge on any atom is 0.257 e. The van der Waals surface area contributed by atoms with Crippen molar-refractivity contribution in [2.45, 2.75) is 11.8 Å². The first kappa shape index (κ1) is 18.6. The number of aromatic nitrogens is 1. The Morgan fingerprint density at radius 1 is 1.14 bits per heavy atom. The van der Waals surface area contributed by atoms with Crippen molar-refractivity contribution in [3.8, 4) is 5.75 Å². The molecule has 0 spiro atoms. The number of hydrogen-bond acceptors (Lipinski definition) is 6. The van der Waals surface area contributed by atoms with Gasteiger partial charge in [0.2, 0.25) is 5.91 Å². The van der Waals surface area contributed by atoms with Crippen molar-refractivity contribution in [2.75, 3.05) is 17.8 Å². The maximum atomic E-state index is 13.0. The minimum absolute atomic E-state index is 0.00850. The lowest BCUT2D eigenvalue weighted by atomic mass is 10.2. The quantitative estimate of drug-likeness (QED) is 0.391. The van der Waals surface area contributed by atoms with Gasteiger partial charge in [0.25, 0.3) is 5.22 Å². The van der Waals surface area contributed by atoms with Crippen LogP contribution in [0.3, 0.4) is 0 Å². The molecule has 5 nitrogen and oxygen atoms in total. The van der Waals surface area contributed by atoms with Crippen molar-refractivity contribution in [2.24, 2.45) is 0 Å². The molecule has 0 saturated carbocycles. The van der Waals surface area contributed by atoms with Gasteiger partial charge in [0.15, 0.2) is 5.58 Å². The summed E-state index contributed by atoms with van der Waals surface area (Å²) in [6, 6.07) is 19.1. The summed E-state index contributed by atoms with van der Waals surface area (Å²) in [5.74, 6) is 0.989. The summed E-state index contributed by atoms with van der Waals surface area (Å²) in [6.45, 7) is 0.525. The third-order valence-electron chi connectivity index (χ3n) is 4.17. The van der Waals surface area contributed by atoms with Crippen LogP contribution in [0, 0.1) is 0 Å². The van der Waals surface area contributed by atoms with Gasteiger partial charge in [0, 0.05) is 10.6 Å². The summed E-state index contributed by atoms with van der Waals surface area (Å²) in [7, 11) is 1.63. The highest BCUT2D eigenvalue weighted by Gasteiger charge is 2.18. The van der Waals surface area contributed by atoms with Crippen LogP contribution in [0.2, 0.25) is 0 Å². The van der Waals surface area contributed by atoms with Crippen molar-refractivity contribution >= 4 is 45.8 Å². The summed E-state index contributed by atoms with van der Waals surface area (Å²) in [6.07, 6.45) is 0. The molecule has 0 N–H and O–H groups in total. The maximum absolute atomic E-state index is 13.0. The highest BCUT2D eigenvalue weighted by molar-refractivity contribution is 7.99. The van der Waals surface area contributed by atoms with E-state index in [1.807, 2.05) is 66.0 Å². The molecule has 4 rings (SSSR count). The number of ether oxygens (including phenoxy) is 1. The average molecular weight is 411 g/mol. The van der Waals surface area contributed by atoms with Crippen molar-refractivity contribution in [3.63, 3.8) is 0 Å². The number of rotatable bonds is 7. The topological polar surface area (TPSA) is 55.6 Å². The molecule has 1 amide bonds. The summed E-state index contributed by atoms with van der Waals surface area (Å²) < 4.78 is 10.9. The molecule has 0 aliphatic rings. The van der Waals surface area contributed by atoms with Crippen molar-refractivity contribution in [1.82, 2.24) is 4.98 Å². The van der Waals surface area contributed by atoms with E-state index in [9.17, 15) is 4.79 Å². The zero-order valence-electron chi connectivity index (χ0n) is 15.2. The molecule has 0 atom stereocenters. The Bertz CT molecular complexity index is 1030. The number of amides is 1. The molecule has 0 radical (unpaired) electrons. The van der Waals surface area contributed by atoms with Gasteiger partial charge in [-0.25, -0.2) is 4.98 Å². The highest BCUT2D eigenvalue weighted by Crippen LogP contribution is 2.26. The fourth-order valence-electron chi connectivity index (χ4n) is 2.76. The van der Waals surface area contributed by atoms with Crippen LogP contribution in [0.1, 0.15) is 4.88 Å². The van der Waals surface area contributed by atoms with Crippen molar-refractivity contribution in [1.29, 1.82) is 0 Å². The van der Waals surface area contributed by atoms with Crippen LogP contribution in [0.25, 0.3) is 11.1 Å². The summed E-state index contributed by atoms with van der Waals surface area (Å²) in [5, 5.41) is 2.51. The molecule has 0 aliphatic carbocycles. The van der Waals surface area contributed by atoms with E-state index in [1.54, 1.807) is 23.3 Å². The fraction of sp³-hybridized carbons (Fsp3) is 0.143. The Labute approximate surface area is 170 Å². The summed E-state index contributed by atoms with van der Waals surface area (Å²) >= 11 is 2.94. The van der Waals surface area contributed by atoms with E-state index >= 15 is 0 Å². The van der Waals surface area contributed by atoms with Crippen LogP contribution >= 0.6 is 23.1 Å². The predicted molar refractivity (Wildman–Crippen MR) is 113 cm³/mol. The second-order valence-corrected chi connectivity index (χ2v) is 7.95. The Balaban J connectivity index is 1.51. The predicted octanol–water partition coefficient (Wildman–Crippen LogP) is 5.22. The molecule has 0 fully saturated rings. The monoisotopic (exact) mass is 410 g/mol. The number of para-hydroxylation sites is 2. The number of carbonyl (C=O) groups is 1. The number of carbonyl (C=O) groups excluding carboxylic acids is 1. The van der Waals surface area contributed by atoms with E-state index in [4.69, 9.17) is 9.15 Å².